The lowest BCUT2D eigenvalue weighted by atomic mass is 9.97. The van der Waals surface area contributed by atoms with Gasteiger partial charge in [0.15, 0.2) is 17.3 Å². The monoisotopic (exact) mass is 484 g/mol. The van der Waals surface area contributed by atoms with Crippen LogP contribution in [0.2, 0.25) is 0 Å². The maximum Gasteiger partial charge on any atom is 0.257 e. The minimum Gasteiger partial charge on any atom is -0.493 e. The van der Waals surface area contributed by atoms with Crippen LogP contribution in [0.4, 0.5) is 11.5 Å². The summed E-state index contributed by atoms with van der Waals surface area (Å²) in [5.74, 6) is 2.89. The molecule has 0 bridgehead atoms. The lowest BCUT2D eigenvalue weighted by Crippen LogP contribution is -2.41. The van der Waals surface area contributed by atoms with Gasteiger partial charge < -0.3 is 24.4 Å². The molecule has 8 nitrogen and oxygen atoms in total. The lowest BCUT2D eigenvalue weighted by molar-refractivity contribution is -0.120. The molecule has 1 aliphatic rings. The van der Waals surface area contributed by atoms with E-state index in [9.17, 15) is 4.79 Å². The van der Waals surface area contributed by atoms with Crippen LogP contribution in [0.15, 0.2) is 72.8 Å². The first-order chi connectivity index (χ1) is 17.6. The van der Waals surface area contributed by atoms with E-state index in [0.717, 1.165) is 30.4 Å². The molecule has 1 atom stereocenters. The van der Waals surface area contributed by atoms with Gasteiger partial charge in [0.25, 0.3) is 5.88 Å². The number of anilines is 2. The van der Waals surface area contributed by atoms with Gasteiger partial charge in [0.1, 0.15) is 5.75 Å². The Morgan fingerprint density at radius 3 is 2.31 bits per heavy atom. The third-order valence-electron chi connectivity index (χ3n) is 6.23. The number of hydrogen-bond donors (Lipinski definition) is 1. The number of rotatable bonds is 7. The van der Waals surface area contributed by atoms with Gasteiger partial charge in [-0.15, -0.1) is 0 Å². The standard InChI is InChI=1S/C28H28N4O4/c1-34-24-11-5-6-12-25(24)36-21-15-13-20(14-16-21)29-27(33)19-8-7-17-32(18-19)26-28(35-2)31-23-10-4-3-9-22(23)30-26/h3-6,9-16,19H,7-8,17-18H2,1-2H3,(H,29,33)/t19-/m0/s1. The van der Waals surface area contributed by atoms with Gasteiger partial charge >= 0.3 is 0 Å². The third kappa shape index (κ3) is 5.02. The second-order valence-electron chi connectivity index (χ2n) is 8.60. The first-order valence-electron chi connectivity index (χ1n) is 11.9. The van der Waals surface area contributed by atoms with Crippen LogP contribution < -0.4 is 24.4 Å². The molecule has 0 aliphatic carbocycles. The van der Waals surface area contributed by atoms with E-state index >= 15 is 0 Å². The van der Waals surface area contributed by atoms with E-state index in [1.807, 2.05) is 72.8 Å². The fourth-order valence-electron chi connectivity index (χ4n) is 4.38. The molecule has 8 heteroatoms. The third-order valence-corrected chi connectivity index (χ3v) is 6.23. The van der Waals surface area contributed by atoms with Crippen LogP contribution in [-0.4, -0.2) is 43.2 Å². The van der Waals surface area contributed by atoms with E-state index in [4.69, 9.17) is 19.2 Å². The first-order valence-corrected chi connectivity index (χ1v) is 11.9. The predicted molar refractivity (Wildman–Crippen MR) is 139 cm³/mol. The Morgan fingerprint density at radius 1 is 0.889 bits per heavy atom. The van der Waals surface area contributed by atoms with E-state index in [2.05, 4.69) is 15.2 Å². The van der Waals surface area contributed by atoms with Gasteiger partial charge in [-0.2, -0.15) is 0 Å². The number of piperidine rings is 1. The molecule has 0 saturated carbocycles. The molecule has 184 valence electrons. The van der Waals surface area contributed by atoms with Crippen molar-refractivity contribution >= 4 is 28.4 Å². The van der Waals surface area contributed by atoms with Crippen molar-refractivity contribution in [3.8, 4) is 23.1 Å². The van der Waals surface area contributed by atoms with Crippen molar-refractivity contribution in [2.45, 2.75) is 12.8 Å². The van der Waals surface area contributed by atoms with Crippen LogP contribution in [0.25, 0.3) is 11.0 Å². The number of carbonyl (C=O) groups excluding carboxylic acids is 1. The van der Waals surface area contributed by atoms with Crippen molar-refractivity contribution in [1.29, 1.82) is 0 Å². The Bertz CT molecular complexity index is 1360. The number of para-hydroxylation sites is 4. The molecule has 1 aromatic heterocycles. The van der Waals surface area contributed by atoms with Gasteiger partial charge in [0, 0.05) is 18.8 Å². The highest BCUT2D eigenvalue weighted by Gasteiger charge is 2.29. The van der Waals surface area contributed by atoms with E-state index < -0.39 is 0 Å². The number of ether oxygens (including phenoxy) is 3. The maximum atomic E-state index is 13.1. The molecular weight excluding hydrogens is 456 g/mol. The minimum atomic E-state index is -0.179. The molecule has 3 aromatic carbocycles. The van der Waals surface area contributed by atoms with Crippen molar-refractivity contribution < 1.29 is 19.0 Å². The van der Waals surface area contributed by atoms with E-state index in [1.165, 1.54) is 0 Å². The topological polar surface area (TPSA) is 85.8 Å². The van der Waals surface area contributed by atoms with Crippen molar-refractivity contribution in [3.05, 3.63) is 72.8 Å². The number of benzene rings is 3. The van der Waals surface area contributed by atoms with Crippen molar-refractivity contribution in [1.82, 2.24) is 9.97 Å². The van der Waals surface area contributed by atoms with E-state index in [1.54, 1.807) is 14.2 Å². The average Bonchev–Trinajstić information content (AvgIpc) is 2.93. The highest BCUT2D eigenvalue weighted by Crippen LogP contribution is 2.32. The number of hydrogen-bond acceptors (Lipinski definition) is 7. The van der Waals surface area contributed by atoms with Crippen molar-refractivity contribution in [3.63, 3.8) is 0 Å². The van der Waals surface area contributed by atoms with Crippen LogP contribution in [0.5, 0.6) is 23.1 Å². The molecule has 0 radical (unpaired) electrons. The summed E-state index contributed by atoms with van der Waals surface area (Å²) in [5.41, 5.74) is 2.30. The van der Waals surface area contributed by atoms with Crippen LogP contribution in [-0.2, 0) is 4.79 Å². The number of methoxy groups -OCH3 is 2. The van der Waals surface area contributed by atoms with Crippen molar-refractivity contribution in [2.24, 2.45) is 5.92 Å². The summed E-state index contributed by atoms with van der Waals surface area (Å²) in [7, 11) is 3.20. The second kappa shape index (κ2) is 10.5. The van der Waals surface area contributed by atoms with E-state index in [-0.39, 0.29) is 11.8 Å². The van der Waals surface area contributed by atoms with Gasteiger partial charge in [0.2, 0.25) is 5.91 Å². The number of aromatic nitrogens is 2. The van der Waals surface area contributed by atoms with Crippen LogP contribution in [0, 0.1) is 5.92 Å². The second-order valence-corrected chi connectivity index (χ2v) is 8.60. The van der Waals surface area contributed by atoms with Gasteiger partial charge in [-0.05, 0) is 61.4 Å². The Balaban J connectivity index is 1.25. The minimum absolute atomic E-state index is 0.0224. The molecule has 2 heterocycles. The predicted octanol–water partition coefficient (Wildman–Crippen LogP) is 5.29. The normalized spacial score (nSPS) is 15.4. The highest BCUT2D eigenvalue weighted by atomic mass is 16.5. The SMILES string of the molecule is COc1ccccc1Oc1ccc(NC(=O)[C@H]2CCCN(c3nc4ccccc4nc3OC)C2)cc1. The summed E-state index contributed by atoms with van der Waals surface area (Å²) < 4.78 is 16.8. The van der Waals surface area contributed by atoms with Crippen LogP contribution in [0.3, 0.4) is 0 Å². The summed E-state index contributed by atoms with van der Waals surface area (Å²) in [5, 5.41) is 3.04. The highest BCUT2D eigenvalue weighted by molar-refractivity contribution is 5.93. The molecule has 1 saturated heterocycles. The summed E-state index contributed by atoms with van der Waals surface area (Å²) in [4.78, 5) is 24.6. The Morgan fingerprint density at radius 2 is 1.58 bits per heavy atom. The Kier molecular flexibility index (Phi) is 6.84. The molecule has 0 unspecified atom stereocenters. The molecule has 1 amide bonds. The van der Waals surface area contributed by atoms with Gasteiger partial charge in [-0.25, -0.2) is 9.97 Å². The fourth-order valence-corrected chi connectivity index (χ4v) is 4.38. The summed E-state index contributed by atoms with van der Waals surface area (Å²) in [6, 6.07) is 22.5. The molecule has 36 heavy (non-hydrogen) atoms. The first kappa shape index (κ1) is 23.4. The Hall–Kier alpha value is -4.33. The number of nitrogens with zero attached hydrogens (tertiary/aromatic N) is 3. The summed E-state index contributed by atoms with van der Waals surface area (Å²) in [6.07, 6.45) is 1.68. The van der Waals surface area contributed by atoms with Crippen LogP contribution >= 0.6 is 0 Å². The smallest absolute Gasteiger partial charge is 0.257 e. The zero-order chi connectivity index (χ0) is 24.9. The fraction of sp³-hybridized carbons (Fsp3) is 0.250. The maximum absolute atomic E-state index is 13.1. The van der Waals surface area contributed by atoms with Crippen molar-refractivity contribution in [2.75, 3.05) is 37.5 Å². The molecule has 1 fully saturated rings. The molecule has 1 aliphatic heterocycles. The summed E-state index contributed by atoms with van der Waals surface area (Å²) >= 11 is 0. The number of amides is 1. The lowest BCUT2D eigenvalue weighted by Gasteiger charge is -2.33. The van der Waals surface area contributed by atoms with Gasteiger partial charge in [0.05, 0.1) is 31.2 Å². The Labute approximate surface area is 209 Å². The average molecular weight is 485 g/mol. The zero-order valence-corrected chi connectivity index (χ0v) is 20.3. The quantitative estimate of drug-likeness (QED) is 0.381. The number of fused-ring (bicyclic) bond motifs is 1. The molecular formula is C28H28N4O4. The van der Waals surface area contributed by atoms with Gasteiger partial charge in [-0.1, -0.05) is 24.3 Å². The zero-order valence-electron chi connectivity index (χ0n) is 20.3. The summed E-state index contributed by atoms with van der Waals surface area (Å²) in [6.45, 7) is 1.34. The number of nitrogens with one attached hydrogen (secondary N) is 1. The molecule has 1 N–H and O–H groups in total. The largest absolute Gasteiger partial charge is 0.493 e. The number of carbonyl (C=O) groups is 1. The van der Waals surface area contributed by atoms with Crippen LogP contribution in [0.1, 0.15) is 12.8 Å². The molecule has 5 rings (SSSR count). The van der Waals surface area contributed by atoms with Gasteiger partial charge in [-0.3, -0.25) is 4.79 Å². The molecule has 0 spiro atoms. The molecule has 4 aromatic rings. The van der Waals surface area contributed by atoms with E-state index in [0.29, 0.717) is 41.2 Å².